The first-order valence-electron chi connectivity index (χ1n) is 10.6. The Hall–Kier alpha value is -4.19. The summed E-state index contributed by atoms with van der Waals surface area (Å²) in [5.41, 5.74) is 5.49. The summed E-state index contributed by atoms with van der Waals surface area (Å²) in [6.45, 7) is 0.367. The van der Waals surface area contributed by atoms with E-state index in [-0.39, 0.29) is 5.69 Å². The van der Waals surface area contributed by atoms with Crippen molar-refractivity contribution < 1.29 is 19.4 Å². The standard InChI is InChI=1S/C27H24N2O4/c1-28-21-10-6-5-9-20(21)24-25(28)23(17-12-14-19(32-2)15-13-17)26(27(30)31)29(24)16-18-8-4-7-11-22(18)33-3/h4-15H,16H2,1-3H3,(H,30,31). The molecule has 1 N–H and O–H groups in total. The molecule has 6 heteroatoms. The Kier molecular flexibility index (Phi) is 5.05. The van der Waals surface area contributed by atoms with Crippen molar-refractivity contribution in [3.05, 3.63) is 84.1 Å². The number of hydrogen-bond acceptors (Lipinski definition) is 3. The number of carbonyl (C=O) groups is 1. The number of aromatic carboxylic acids is 1. The molecule has 2 aromatic heterocycles. The van der Waals surface area contributed by atoms with Gasteiger partial charge in [0.1, 0.15) is 17.2 Å². The Morgan fingerprint density at radius 3 is 2.27 bits per heavy atom. The molecule has 33 heavy (non-hydrogen) atoms. The van der Waals surface area contributed by atoms with E-state index in [2.05, 4.69) is 10.6 Å². The summed E-state index contributed by atoms with van der Waals surface area (Å²) in [6, 6.07) is 23.3. The topological polar surface area (TPSA) is 65.6 Å². The maximum Gasteiger partial charge on any atom is 0.353 e. The zero-order chi connectivity index (χ0) is 23.1. The molecule has 0 bridgehead atoms. The second kappa shape index (κ2) is 8.06. The van der Waals surface area contributed by atoms with E-state index in [9.17, 15) is 9.90 Å². The fraction of sp³-hybridized carbons (Fsp3) is 0.148. The van der Waals surface area contributed by atoms with Gasteiger partial charge in [0.15, 0.2) is 0 Å². The average Bonchev–Trinajstić information content (AvgIpc) is 3.33. The number of carboxylic acid groups (broad SMARTS) is 1. The summed E-state index contributed by atoms with van der Waals surface area (Å²) in [5.74, 6) is 0.468. The van der Waals surface area contributed by atoms with E-state index in [4.69, 9.17) is 9.47 Å². The van der Waals surface area contributed by atoms with Crippen molar-refractivity contribution in [2.24, 2.45) is 7.05 Å². The maximum atomic E-state index is 12.7. The van der Waals surface area contributed by atoms with E-state index in [1.54, 1.807) is 14.2 Å². The van der Waals surface area contributed by atoms with Gasteiger partial charge in [-0.3, -0.25) is 0 Å². The fourth-order valence-electron chi connectivity index (χ4n) is 4.71. The van der Waals surface area contributed by atoms with Crippen LogP contribution in [-0.2, 0) is 13.6 Å². The molecular formula is C27H24N2O4. The van der Waals surface area contributed by atoms with Crippen molar-refractivity contribution in [3.8, 4) is 22.6 Å². The van der Waals surface area contributed by atoms with Gasteiger partial charge in [-0.05, 0) is 29.8 Å². The van der Waals surface area contributed by atoms with Gasteiger partial charge in [-0.1, -0.05) is 48.5 Å². The first-order chi connectivity index (χ1) is 16.0. The quantitative estimate of drug-likeness (QED) is 0.375. The molecule has 2 heterocycles. The Morgan fingerprint density at radius 1 is 0.879 bits per heavy atom. The molecule has 0 atom stereocenters. The van der Waals surface area contributed by atoms with E-state index in [0.29, 0.717) is 12.1 Å². The van der Waals surface area contributed by atoms with Crippen LogP contribution in [0.25, 0.3) is 33.1 Å². The van der Waals surface area contributed by atoms with Crippen LogP contribution in [0.15, 0.2) is 72.8 Å². The number of methoxy groups -OCH3 is 2. The number of aromatic nitrogens is 2. The molecule has 3 aromatic carbocycles. The molecule has 0 saturated heterocycles. The van der Waals surface area contributed by atoms with Crippen molar-refractivity contribution in [1.82, 2.24) is 9.13 Å². The van der Waals surface area contributed by atoms with Crippen LogP contribution >= 0.6 is 0 Å². The van der Waals surface area contributed by atoms with Crippen molar-refractivity contribution in [1.29, 1.82) is 0 Å². The van der Waals surface area contributed by atoms with Crippen LogP contribution < -0.4 is 9.47 Å². The van der Waals surface area contributed by atoms with Gasteiger partial charge < -0.3 is 23.7 Å². The lowest BCUT2D eigenvalue weighted by molar-refractivity contribution is 0.0687. The predicted octanol–water partition coefficient (Wildman–Crippen LogP) is 5.56. The SMILES string of the molecule is COc1ccc(-c2c(C(=O)O)n(Cc3ccccc3OC)c3c4ccccc4n(C)c23)cc1. The minimum absolute atomic E-state index is 0.248. The second-order valence-electron chi connectivity index (χ2n) is 7.93. The zero-order valence-corrected chi connectivity index (χ0v) is 18.7. The molecule has 0 aliphatic carbocycles. The lowest BCUT2D eigenvalue weighted by atomic mass is 10.0. The highest BCUT2D eigenvalue weighted by Gasteiger charge is 2.28. The minimum Gasteiger partial charge on any atom is -0.497 e. The van der Waals surface area contributed by atoms with Crippen molar-refractivity contribution >= 4 is 27.9 Å². The third kappa shape index (κ3) is 3.22. The number of carboxylic acids is 1. The van der Waals surface area contributed by atoms with E-state index < -0.39 is 5.97 Å². The molecule has 0 spiro atoms. The molecular weight excluding hydrogens is 416 g/mol. The highest BCUT2D eigenvalue weighted by atomic mass is 16.5. The molecule has 5 rings (SSSR count). The van der Waals surface area contributed by atoms with Gasteiger partial charge in [0, 0.05) is 23.6 Å². The van der Waals surface area contributed by atoms with Crippen LogP contribution in [0.3, 0.4) is 0 Å². The van der Waals surface area contributed by atoms with Crippen LogP contribution in [0.2, 0.25) is 0 Å². The molecule has 5 aromatic rings. The number of benzene rings is 3. The predicted molar refractivity (Wildman–Crippen MR) is 129 cm³/mol. The summed E-state index contributed by atoms with van der Waals surface area (Å²) in [6.07, 6.45) is 0. The largest absolute Gasteiger partial charge is 0.497 e. The number of nitrogens with zero attached hydrogens (tertiary/aromatic N) is 2. The molecule has 0 amide bonds. The number of rotatable bonds is 6. The highest BCUT2D eigenvalue weighted by molar-refractivity contribution is 6.16. The highest BCUT2D eigenvalue weighted by Crippen LogP contribution is 2.41. The lowest BCUT2D eigenvalue weighted by Crippen LogP contribution is -2.11. The summed E-state index contributed by atoms with van der Waals surface area (Å²) in [7, 11) is 5.23. The Balaban J connectivity index is 1.89. The van der Waals surface area contributed by atoms with Gasteiger partial charge >= 0.3 is 5.97 Å². The molecule has 0 unspecified atom stereocenters. The Morgan fingerprint density at radius 2 is 1.58 bits per heavy atom. The van der Waals surface area contributed by atoms with E-state index in [1.807, 2.05) is 78.3 Å². The monoisotopic (exact) mass is 440 g/mol. The van der Waals surface area contributed by atoms with Crippen molar-refractivity contribution in [2.45, 2.75) is 6.54 Å². The summed E-state index contributed by atoms with van der Waals surface area (Å²) in [5, 5.41) is 11.4. The van der Waals surface area contributed by atoms with Crippen LogP contribution in [-0.4, -0.2) is 34.4 Å². The van der Waals surface area contributed by atoms with E-state index in [1.165, 1.54) is 0 Å². The van der Waals surface area contributed by atoms with Gasteiger partial charge in [0.2, 0.25) is 0 Å². The first kappa shape index (κ1) is 20.7. The number of aryl methyl sites for hydroxylation is 1. The van der Waals surface area contributed by atoms with Crippen molar-refractivity contribution in [3.63, 3.8) is 0 Å². The average molecular weight is 440 g/mol. The van der Waals surface area contributed by atoms with Crippen LogP contribution in [0, 0.1) is 0 Å². The molecule has 166 valence electrons. The third-order valence-electron chi connectivity index (χ3n) is 6.20. The normalized spacial score (nSPS) is 11.2. The summed E-state index contributed by atoms with van der Waals surface area (Å²) in [4.78, 5) is 12.7. The van der Waals surface area contributed by atoms with Gasteiger partial charge in [-0.15, -0.1) is 0 Å². The van der Waals surface area contributed by atoms with Gasteiger partial charge in [-0.25, -0.2) is 4.79 Å². The van der Waals surface area contributed by atoms with Gasteiger partial charge in [0.05, 0.1) is 37.3 Å². The molecule has 0 aliphatic heterocycles. The first-order valence-corrected chi connectivity index (χ1v) is 10.6. The second-order valence-corrected chi connectivity index (χ2v) is 7.93. The molecule has 0 fully saturated rings. The van der Waals surface area contributed by atoms with Gasteiger partial charge in [0.25, 0.3) is 0 Å². The molecule has 0 aliphatic rings. The zero-order valence-electron chi connectivity index (χ0n) is 18.7. The summed E-state index contributed by atoms with van der Waals surface area (Å²) < 4.78 is 14.8. The number of hydrogen-bond donors (Lipinski definition) is 1. The third-order valence-corrected chi connectivity index (χ3v) is 6.20. The van der Waals surface area contributed by atoms with Crippen molar-refractivity contribution in [2.75, 3.05) is 14.2 Å². The number of para-hydroxylation sites is 2. The minimum atomic E-state index is -0.976. The van der Waals surface area contributed by atoms with E-state index >= 15 is 0 Å². The van der Waals surface area contributed by atoms with Crippen LogP contribution in [0.4, 0.5) is 0 Å². The van der Waals surface area contributed by atoms with Gasteiger partial charge in [-0.2, -0.15) is 0 Å². The fourth-order valence-corrected chi connectivity index (χ4v) is 4.71. The Labute approximate surface area is 191 Å². The van der Waals surface area contributed by atoms with Crippen LogP contribution in [0.5, 0.6) is 11.5 Å². The smallest absolute Gasteiger partial charge is 0.353 e. The number of ether oxygens (including phenoxy) is 2. The van der Waals surface area contributed by atoms with Crippen LogP contribution in [0.1, 0.15) is 16.1 Å². The summed E-state index contributed by atoms with van der Waals surface area (Å²) >= 11 is 0. The molecule has 6 nitrogen and oxygen atoms in total. The molecule has 0 saturated carbocycles. The maximum absolute atomic E-state index is 12.7. The number of fused-ring (bicyclic) bond motifs is 3. The van der Waals surface area contributed by atoms with E-state index in [0.717, 1.165) is 44.6 Å². The lowest BCUT2D eigenvalue weighted by Gasteiger charge is -2.13. The molecule has 0 radical (unpaired) electrons. The Bertz CT molecular complexity index is 1490.